The second-order valence-corrected chi connectivity index (χ2v) is 4.48. The second-order valence-electron chi connectivity index (χ2n) is 4.48. The molecular weight excluding hydrogens is 216 g/mol. The van der Waals surface area contributed by atoms with Crippen molar-refractivity contribution in [1.82, 2.24) is 5.32 Å². The molecule has 17 heavy (non-hydrogen) atoms. The van der Waals surface area contributed by atoms with Crippen LogP contribution in [0.15, 0.2) is 17.3 Å². The molecular formula is C13H24N2O2. The molecule has 0 aromatic rings. The third-order valence-corrected chi connectivity index (χ3v) is 2.41. The summed E-state index contributed by atoms with van der Waals surface area (Å²) < 4.78 is 0. The number of carbonyl (C=O) groups is 1. The Labute approximate surface area is 104 Å². The summed E-state index contributed by atoms with van der Waals surface area (Å²) in [5, 5.41) is 11.5. The van der Waals surface area contributed by atoms with Gasteiger partial charge in [-0.2, -0.15) is 0 Å². The van der Waals surface area contributed by atoms with E-state index in [2.05, 4.69) is 16.9 Å². The number of aliphatic hydroxyl groups is 1. The van der Waals surface area contributed by atoms with E-state index in [1.165, 1.54) is 6.92 Å². The number of hydrogen-bond acceptors (Lipinski definition) is 3. The first-order valence-electron chi connectivity index (χ1n) is 6.07. The molecule has 0 aliphatic rings. The Hall–Kier alpha value is -1.16. The summed E-state index contributed by atoms with van der Waals surface area (Å²) in [4.78, 5) is 15.0. The highest BCUT2D eigenvalue weighted by atomic mass is 16.3. The van der Waals surface area contributed by atoms with Gasteiger partial charge in [-0.05, 0) is 32.1 Å². The van der Waals surface area contributed by atoms with Crippen LogP contribution >= 0.6 is 0 Å². The Bertz CT molecular complexity index is 285. The normalized spacial score (nSPS) is 13.3. The summed E-state index contributed by atoms with van der Waals surface area (Å²) >= 11 is 0. The first kappa shape index (κ1) is 15.8. The summed E-state index contributed by atoms with van der Waals surface area (Å²) in [6.45, 7) is 9.34. The number of aliphatic hydroxyl groups excluding tert-OH is 1. The van der Waals surface area contributed by atoms with Gasteiger partial charge in [0.25, 0.3) is 0 Å². The maximum atomic E-state index is 10.8. The van der Waals surface area contributed by atoms with Crippen LogP contribution in [0.25, 0.3) is 0 Å². The van der Waals surface area contributed by atoms with E-state index in [0.717, 1.165) is 31.4 Å². The molecule has 0 heterocycles. The predicted octanol–water partition coefficient (Wildman–Crippen LogP) is 2.24. The van der Waals surface area contributed by atoms with Crippen LogP contribution in [0.3, 0.4) is 0 Å². The van der Waals surface area contributed by atoms with Gasteiger partial charge in [-0.3, -0.25) is 4.79 Å². The summed E-state index contributed by atoms with van der Waals surface area (Å²) in [6.07, 6.45) is 3.93. The van der Waals surface area contributed by atoms with Gasteiger partial charge >= 0.3 is 0 Å². The lowest BCUT2D eigenvalue weighted by Gasteiger charge is -2.07. The van der Waals surface area contributed by atoms with Crippen LogP contribution in [-0.4, -0.2) is 23.5 Å². The lowest BCUT2D eigenvalue weighted by atomic mass is 10.0. The van der Waals surface area contributed by atoms with E-state index in [9.17, 15) is 4.79 Å². The summed E-state index contributed by atoms with van der Waals surface area (Å²) in [5.74, 6) is 0.843. The first-order chi connectivity index (χ1) is 7.95. The van der Waals surface area contributed by atoms with Crippen LogP contribution < -0.4 is 5.32 Å². The smallest absolute Gasteiger partial charge is 0.222 e. The number of carbonyl (C=O) groups excluding carboxylic acids is 1. The van der Waals surface area contributed by atoms with Crippen molar-refractivity contribution >= 4 is 11.7 Å². The fourth-order valence-corrected chi connectivity index (χ4v) is 1.49. The van der Waals surface area contributed by atoms with Crippen LogP contribution in [0.4, 0.5) is 0 Å². The molecule has 0 bridgehead atoms. The Morgan fingerprint density at radius 3 is 2.59 bits per heavy atom. The number of aliphatic imine (C=N–C) groups is 1. The number of amides is 1. The highest BCUT2D eigenvalue weighted by Crippen LogP contribution is 2.12. The number of hydrogen-bond donors (Lipinski definition) is 2. The molecule has 0 radical (unpaired) electrons. The number of amidine groups is 1. The van der Waals surface area contributed by atoms with Gasteiger partial charge in [0.05, 0.1) is 0 Å². The molecule has 1 atom stereocenters. The zero-order chi connectivity index (χ0) is 13.3. The number of nitrogens with one attached hydrogen (secondary N) is 1. The fourth-order valence-electron chi connectivity index (χ4n) is 1.49. The summed E-state index contributed by atoms with van der Waals surface area (Å²) in [7, 11) is 0. The monoisotopic (exact) mass is 240 g/mol. The minimum absolute atomic E-state index is 0.115. The molecule has 4 nitrogen and oxygen atoms in total. The van der Waals surface area contributed by atoms with Gasteiger partial charge in [0.15, 0.2) is 0 Å². The van der Waals surface area contributed by atoms with Crippen LogP contribution in [0, 0.1) is 5.92 Å². The number of rotatable bonds is 7. The molecule has 0 fully saturated rings. The van der Waals surface area contributed by atoms with Crippen LogP contribution in [-0.2, 0) is 4.79 Å². The molecule has 0 aromatic carbocycles. The van der Waals surface area contributed by atoms with E-state index in [0.29, 0.717) is 11.8 Å². The van der Waals surface area contributed by atoms with Crippen molar-refractivity contribution in [3.63, 3.8) is 0 Å². The molecule has 0 aliphatic heterocycles. The van der Waals surface area contributed by atoms with E-state index in [-0.39, 0.29) is 12.5 Å². The Balaban J connectivity index is 3.76. The van der Waals surface area contributed by atoms with E-state index in [4.69, 9.17) is 5.11 Å². The number of allylic oxidation sites excluding steroid dienone is 1. The number of nitrogens with zero attached hydrogens (tertiary/aromatic N) is 1. The summed E-state index contributed by atoms with van der Waals surface area (Å²) in [5.41, 5.74) is 0.785. The Morgan fingerprint density at radius 2 is 2.06 bits per heavy atom. The third-order valence-electron chi connectivity index (χ3n) is 2.41. The number of unbranched alkanes of at least 4 members (excludes halogenated alkanes) is 1. The largest absolute Gasteiger partial charge is 0.396 e. The van der Waals surface area contributed by atoms with Gasteiger partial charge < -0.3 is 10.4 Å². The molecule has 0 rings (SSSR count). The molecule has 98 valence electrons. The van der Waals surface area contributed by atoms with Crippen LogP contribution in [0.5, 0.6) is 0 Å². The van der Waals surface area contributed by atoms with Crippen molar-refractivity contribution < 1.29 is 9.90 Å². The quantitative estimate of drug-likeness (QED) is 0.407. The van der Waals surface area contributed by atoms with Gasteiger partial charge in [-0.1, -0.05) is 19.9 Å². The van der Waals surface area contributed by atoms with Crippen molar-refractivity contribution in [3.05, 3.63) is 12.3 Å². The maximum Gasteiger partial charge on any atom is 0.222 e. The lowest BCUT2D eigenvalue weighted by molar-refractivity contribution is -0.117. The van der Waals surface area contributed by atoms with Gasteiger partial charge in [0.2, 0.25) is 5.91 Å². The Morgan fingerprint density at radius 1 is 1.41 bits per heavy atom. The molecule has 0 saturated carbocycles. The first-order valence-corrected chi connectivity index (χ1v) is 6.07. The molecule has 1 unspecified atom stereocenters. The molecule has 1 amide bonds. The third kappa shape index (κ3) is 9.75. The van der Waals surface area contributed by atoms with E-state index < -0.39 is 0 Å². The summed E-state index contributed by atoms with van der Waals surface area (Å²) in [6, 6.07) is 0. The van der Waals surface area contributed by atoms with Gasteiger partial charge in [0.1, 0.15) is 5.84 Å². The van der Waals surface area contributed by atoms with Crippen molar-refractivity contribution in [2.45, 2.75) is 46.5 Å². The van der Waals surface area contributed by atoms with Crippen molar-refractivity contribution in [3.8, 4) is 0 Å². The molecule has 0 saturated heterocycles. The average Bonchev–Trinajstić information content (AvgIpc) is 2.22. The SMILES string of the molecule is C=C(CCCCC(C)CO)N=C(C)NC(C)=O. The zero-order valence-corrected chi connectivity index (χ0v) is 11.1. The molecule has 0 aromatic heterocycles. The average molecular weight is 240 g/mol. The molecule has 2 N–H and O–H groups in total. The standard InChI is InChI=1S/C13H24N2O2/c1-10(9-16)7-5-6-8-11(2)14-12(3)15-13(4)17/h10,16H,2,5-9H2,1,3-4H3,(H,14,15,17). The molecule has 0 spiro atoms. The zero-order valence-electron chi connectivity index (χ0n) is 11.1. The minimum atomic E-state index is -0.115. The van der Waals surface area contributed by atoms with Crippen LogP contribution in [0.2, 0.25) is 0 Å². The second kappa shape index (κ2) is 8.93. The highest BCUT2D eigenvalue weighted by molar-refractivity contribution is 5.96. The van der Waals surface area contributed by atoms with Gasteiger partial charge in [-0.25, -0.2) is 4.99 Å². The van der Waals surface area contributed by atoms with Crippen molar-refractivity contribution in [2.75, 3.05) is 6.61 Å². The fraction of sp³-hybridized carbons (Fsp3) is 0.692. The van der Waals surface area contributed by atoms with Crippen molar-refractivity contribution in [2.24, 2.45) is 10.9 Å². The molecule has 0 aliphatic carbocycles. The maximum absolute atomic E-state index is 10.8. The van der Waals surface area contributed by atoms with Gasteiger partial charge in [-0.15, -0.1) is 0 Å². The topological polar surface area (TPSA) is 61.7 Å². The highest BCUT2D eigenvalue weighted by Gasteiger charge is 2.00. The lowest BCUT2D eigenvalue weighted by Crippen LogP contribution is -2.25. The van der Waals surface area contributed by atoms with Crippen molar-refractivity contribution in [1.29, 1.82) is 0 Å². The van der Waals surface area contributed by atoms with E-state index in [1.54, 1.807) is 6.92 Å². The van der Waals surface area contributed by atoms with E-state index >= 15 is 0 Å². The minimum Gasteiger partial charge on any atom is -0.396 e. The Kier molecular flexibility index (Phi) is 8.32. The van der Waals surface area contributed by atoms with E-state index in [1.807, 2.05) is 6.92 Å². The van der Waals surface area contributed by atoms with Crippen LogP contribution in [0.1, 0.15) is 46.5 Å². The van der Waals surface area contributed by atoms with Gasteiger partial charge in [0, 0.05) is 19.2 Å². The molecule has 4 heteroatoms. The predicted molar refractivity (Wildman–Crippen MR) is 70.8 cm³/mol.